The predicted octanol–water partition coefficient (Wildman–Crippen LogP) is 22.5. The Labute approximate surface area is 687 Å². The molecule has 9 heterocycles. The van der Waals surface area contributed by atoms with E-state index in [4.69, 9.17) is 44.6 Å². The molecular weight excluding hydrogens is 1470 g/mol. The quantitative estimate of drug-likeness (QED) is 0.0535. The van der Waals surface area contributed by atoms with E-state index >= 15 is 0 Å². The second-order valence-corrected chi connectivity index (χ2v) is 26.8. The van der Waals surface area contributed by atoms with Gasteiger partial charge in [0.15, 0.2) is 29.1 Å². The Kier molecular flexibility index (Phi) is 24.7. The third-order valence-electron chi connectivity index (χ3n) is 18.7. The van der Waals surface area contributed by atoms with Gasteiger partial charge in [-0.05, 0) is 139 Å². The summed E-state index contributed by atoms with van der Waals surface area (Å²) in [4.78, 5) is 64.0. The van der Waals surface area contributed by atoms with E-state index in [0.717, 1.165) is 157 Å². The van der Waals surface area contributed by atoms with Gasteiger partial charge < -0.3 is 31.3 Å². The Morgan fingerprint density at radius 2 is 0.588 bits per heavy atom. The van der Waals surface area contributed by atoms with Crippen LogP contribution in [0, 0.1) is 0 Å². The zero-order valence-electron chi connectivity index (χ0n) is 64.6. The van der Waals surface area contributed by atoms with E-state index in [2.05, 4.69) is 56.5 Å². The highest BCUT2D eigenvalue weighted by molar-refractivity contribution is 5.96. The maximum atomic E-state index is 5.21. The number of aromatic nitrogens is 14. The van der Waals surface area contributed by atoms with Gasteiger partial charge in [-0.1, -0.05) is 224 Å². The minimum absolute atomic E-state index is 0.621. The van der Waals surface area contributed by atoms with E-state index in [-0.39, 0.29) is 0 Å². The SMILES string of the molecule is COc1ccc(Nc2nc(-c3ccccc3)nc3ccccc23)cc1.c1ccc(-c2nc(NCc3ccccn3)c3ccccc3n2)cc1.c1ccc(-c2nc(NCc3ccncc3)c3ccccc3n2)cc1.c1ccc(-c2nc(Nc3ccccn3)c3ccccc3n2)cc1.c1ccc(-c2nc(Nc3cccnc3)c3ccccc3n2)cc1. The molecule has 0 fully saturated rings. The van der Waals surface area contributed by atoms with Crippen LogP contribution in [0.25, 0.3) is 111 Å². The van der Waals surface area contributed by atoms with Crippen molar-refractivity contribution in [2.45, 2.75) is 13.1 Å². The van der Waals surface area contributed by atoms with Gasteiger partial charge in [-0.2, -0.15) is 0 Å². The molecule has 0 unspecified atom stereocenters. The summed E-state index contributed by atoms with van der Waals surface area (Å²) in [5, 5.41) is 21.8. The fraction of sp³-hybridized carbons (Fsp3) is 0.0303. The molecule has 0 amide bonds. The van der Waals surface area contributed by atoms with E-state index in [0.29, 0.717) is 30.6 Å². The van der Waals surface area contributed by atoms with Gasteiger partial charge in [0.25, 0.3) is 0 Å². The van der Waals surface area contributed by atoms with Crippen molar-refractivity contribution < 1.29 is 4.74 Å². The molecule has 0 saturated carbocycles. The molecule has 0 spiro atoms. The van der Waals surface area contributed by atoms with Crippen molar-refractivity contribution in [2.24, 2.45) is 0 Å². The number of hydrogen-bond acceptors (Lipinski definition) is 20. The van der Waals surface area contributed by atoms with Crippen molar-refractivity contribution in [1.82, 2.24) is 69.8 Å². The molecule has 5 N–H and O–H groups in total. The lowest BCUT2D eigenvalue weighted by Crippen LogP contribution is -2.05. The number of anilines is 8. The number of ether oxygens (including phenoxy) is 1. The first-order chi connectivity index (χ1) is 58.9. The highest BCUT2D eigenvalue weighted by atomic mass is 16.5. The minimum atomic E-state index is 0.621. The predicted molar refractivity (Wildman–Crippen MR) is 479 cm³/mol. The van der Waals surface area contributed by atoms with Gasteiger partial charge in [0.05, 0.1) is 58.8 Å². The maximum Gasteiger partial charge on any atom is 0.162 e. The van der Waals surface area contributed by atoms with Crippen LogP contribution in [0.3, 0.4) is 0 Å². The number of pyridine rings is 4. The van der Waals surface area contributed by atoms with Crippen LogP contribution in [0.4, 0.5) is 46.3 Å². The third kappa shape index (κ3) is 19.9. The Bertz CT molecular complexity index is 6350. The summed E-state index contributed by atoms with van der Waals surface area (Å²) in [6.45, 7) is 1.31. The molecule has 574 valence electrons. The van der Waals surface area contributed by atoms with Gasteiger partial charge in [0, 0.05) is 98.0 Å². The summed E-state index contributed by atoms with van der Waals surface area (Å²) < 4.78 is 5.21. The first-order valence-electron chi connectivity index (χ1n) is 38.6. The lowest BCUT2D eigenvalue weighted by Gasteiger charge is -2.11. The molecule has 0 aliphatic carbocycles. The van der Waals surface area contributed by atoms with Crippen LogP contribution in [0.5, 0.6) is 5.75 Å². The zero-order valence-corrected chi connectivity index (χ0v) is 64.6. The van der Waals surface area contributed by atoms with Gasteiger partial charge in [-0.15, -0.1) is 0 Å². The van der Waals surface area contributed by atoms with E-state index in [1.165, 1.54) is 0 Å². The Morgan fingerprint density at radius 1 is 0.244 bits per heavy atom. The lowest BCUT2D eigenvalue weighted by molar-refractivity contribution is 0.415. The molecule has 0 aliphatic rings. The van der Waals surface area contributed by atoms with Crippen molar-refractivity contribution in [3.8, 4) is 62.7 Å². The molecule has 0 radical (unpaired) electrons. The number of fused-ring (bicyclic) bond motifs is 5. The minimum Gasteiger partial charge on any atom is -0.497 e. The van der Waals surface area contributed by atoms with E-state index in [1.54, 1.807) is 44.3 Å². The zero-order chi connectivity index (χ0) is 80.4. The number of benzene rings is 11. The topological polar surface area (TPSA) is 250 Å². The standard InChI is InChI=1S/C21H17N3O.2C20H16N4.2C19H14N4/c1-25-17-13-11-16(12-14-17)22-21-18-9-5-6-10-19(18)23-20(24-21)15-7-3-2-4-8-15;1-2-8-15(9-3-1)19-23-18-12-5-4-11-17(18)20(24-19)22-14-16-10-6-7-13-21-16;1-2-6-16(7-3-1)19-23-18-9-5-4-8-17(18)20(24-19)22-14-15-10-12-21-13-11-15;1-2-8-14(9-3-1)18-21-16-11-5-4-10-15(16)19(23-18)22-17-12-6-7-13-20-17;1-2-7-14(8-3-1)18-22-17-11-5-4-10-16(17)19(23-18)21-15-9-6-12-20-13-15/h2-14H,1H3,(H,22,23,24);2*1-13H,14H2,(H,22,23,24);1-13H,(H,20,21,22,23);1-13H,(H,21,22,23). The van der Waals surface area contributed by atoms with Gasteiger partial charge in [0.1, 0.15) is 40.7 Å². The highest BCUT2D eigenvalue weighted by Gasteiger charge is 2.16. The second kappa shape index (κ2) is 38.4. The number of rotatable bonds is 18. The van der Waals surface area contributed by atoms with Crippen LogP contribution in [-0.2, 0) is 13.1 Å². The number of nitrogens with zero attached hydrogens (tertiary/aromatic N) is 14. The molecule has 0 bridgehead atoms. The van der Waals surface area contributed by atoms with Crippen LogP contribution in [0.15, 0.2) is 395 Å². The van der Waals surface area contributed by atoms with Crippen molar-refractivity contribution >= 4 is 101 Å². The molecule has 9 aromatic heterocycles. The Hall–Kier alpha value is -16.5. The highest BCUT2D eigenvalue weighted by Crippen LogP contribution is 2.33. The fourth-order valence-corrected chi connectivity index (χ4v) is 12.8. The number of methoxy groups -OCH3 is 1. The summed E-state index contributed by atoms with van der Waals surface area (Å²) in [6.07, 6.45) is 10.7. The molecule has 11 aromatic carbocycles. The maximum absolute atomic E-state index is 5.21. The molecule has 0 saturated heterocycles. The average Bonchev–Trinajstić information content (AvgIpc) is 0.816. The second-order valence-electron chi connectivity index (χ2n) is 26.8. The molecule has 20 heteroatoms. The summed E-state index contributed by atoms with van der Waals surface area (Å²) in [5.74, 6) is 9.13. The third-order valence-corrected chi connectivity index (χ3v) is 18.7. The molecular formula is C99H77N19O. The Morgan fingerprint density at radius 3 is 0.958 bits per heavy atom. The van der Waals surface area contributed by atoms with E-state index in [1.807, 2.05) is 358 Å². The normalized spacial score (nSPS) is 10.6. The van der Waals surface area contributed by atoms with Crippen LogP contribution in [-0.4, -0.2) is 76.9 Å². The summed E-state index contributed by atoms with van der Waals surface area (Å²) >= 11 is 0. The van der Waals surface area contributed by atoms with E-state index < -0.39 is 0 Å². The van der Waals surface area contributed by atoms with Gasteiger partial charge in [0.2, 0.25) is 0 Å². The number of para-hydroxylation sites is 5. The first kappa shape index (κ1) is 76.5. The molecule has 20 aromatic rings. The van der Waals surface area contributed by atoms with Crippen molar-refractivity contribution in [3.63, 3.8) is 0 Å². The van der Waals surface area contributed by atoms with Crippen LogP contribution in [0.1, 0.15) is 11.3 Å². The first-order valence-corrected chi connectivity index (χ1v) is 38.6. The van der Waals surface area contributed by atoms with Crippen LogP contribution in [0.2, 0.25) is 0 Å². The molecule has 119 heavy (non-hydrogen) atoms. The molecule has 20 nitrogen and oxygen atoms in total. The summed E-state index contributed by atoms with van der Waals surface area (Å²) in [6, 6.07) is 117. The lowest BCUT2D eigenvalue weighted by atomic mass is 10.2. The molecule has 20 rings (SSSR count). The van der Waals surface area contributed by atoms with Gasteiger partial charge in [-0.25, -0.2) is 54.8 Å². The molecule has 0 aliphatic heterocycles. The van der Waals surface area contributed by atoms with Gasteiger partial charge in [-0.3, -0.25) is 15.0 Å². The Balaban J connectivity index is 0.000000111. The monoisotopic (exact) mass is 1550 g/mol. The summed E-state index contributed by atoms with van der Waals surface area (Å²) in [7, 11) is 1.66. The largest absolute Gasteiger partial charge is 0.497 e. The molecule has 0 atom stereocenters. The summed E-state index contributed by atoms with van der Waals surface area (Å²) in [5.41, 5.74) is 13.5. The van der Waals surface area contributed by atoms with Gasteiger partial charge >= 0.3 is 0 Å². The number of nitrogens with one attached hydrogen (secondary N) is 5. The van der Waals surface area contributed by atoms with Crippen molar-refractivity contribution in [1.29, 1.82) is 0 Å². The average molecular weight is 1550 g/mol. The van der Waals surface area contributed by atoms with Crippen molar-refractivity contribution in [3.05, 3.63) is 406 Å². The van der Waals surface area contributed by atoms with E-state index in [9.17, 15) is 0 Å². The van der Waals surface area contributed by atoms with Crippen LogP contribution < -0.4 is 31.3 Å². The smallest absolute Gasteiger partial charge is 0.162 e. The van der Waals surface area contributed by atoms with Crippen molar-refractivity contribution in [2.75, 3.05) is 33.7 Å². The number of hydrogen-bond donors (Lipinski definition) is 5. The van der Waals surface area contributed by atoms with Crippen LogP contribution >= 0.6 is 0 Å². The fourth-order valence-electron chi connectivity index (χ4n) is 12.8.